The van der Waals surface area contributed by atoms with Crippen LogP contribution < -0.4 is 4.90 Å². The summed E-state index contributed by atoms with van der Waals surface area (Å²) in [6.45, 7) is 7.16. The highest BCUT2D eigenvalue weighted by molar-refractivity contribution is 9.11. The Bertz CT molecular complexity index is 854. The number of carbonyl (C=O) groups excluding carboxylic acids is 1. The number of halogens is 2. The fourth-order valence-electron chi connectivity index (χ4n) is 3.76. The van der Waals surface area contributed by atoms with Crippen molar-refractivity contribution in [3.63, 3.8) is 0 Å². The smallest absolute Gasteiger partial charge is 0.410 e. The van der Waals surface area contributed by atoms with Crippen molar-refractivity contribution in [1.82, 2.24) is 14.9 Å². The SMILES string of the molecule is CC(C)(C)OC(=O)N1C2CCC1CN(c1nc(Cl)nc3cc(Br)sc13)C2. The molecular formula is C17H20BrClN4O2S. The molecule has 0 saturated carbocycles. The van der Waals surface area contributed by atoms with Crippen LogP contribution in [0.4, 0.5) is 10.6 Å². The van der Waals surface area contributed by atoms with Gasteiger partial charge < -0.3 is 9.64 Å². The lowest BCUT2D eigenvalue weighted by atomic mass is 10.2. The van der Waals surface area contributed by atoms with Crippen LogP contribution in [0.25, 0.3) is 10.2 Å². The number of piperazine rings is 1. The number of hydrogen-bond donors (Lipinski definition) is 0. The van der Waals surface area contributed by atoms with E-state index in [4.69, 9.17) is 16.3 Å². The number of fused-ring (bicyclic) bond motifs is 3. The highest BCUT2D eigenvalue weighted by Gasteiger charge is 2.45. The molecule has 0 N–H and O–H groups in total. The van der Waals surface area contributed by atoms with Crippen molar-refractivity contribution in [3.8, 4) is 0 Å². The molecule has 2 saturated heterocycles. The first kappa shape index (κ1) is 18.3. The Balaban J connectivity index is 1.61. The van der Waals surface area contributed by atoms with Crippen LogP contribution in [0.2, 0.25) is 5.28 Å². The summed E-state index contributed by atoms with van der Waals surface area (Å²) in [5, 5.41) is 0.250. The van der Waals surface area contributed by atoms with Gasteiger partial charge in [0.15, 0.2) is 5.82 Å². The lowest BCUT2D eigenvalue weighted by Crippen LogP contribution is -2.57. The number of ether oxygens (including phenoxy) is 1. The van der Waals surface area contributed by atoms with Crippen LogP contribution in [0.5, 0.6) is 0 Å². The summed E-state index contributed by atoms with van der Waals surface area (Å²) in [6.07, 6.45) is 1.75. The fraction of sp³-hybridized carbons (Fsp3) is 0.588. The molecule has 2 atom stereocenters. The summed E-state index contributed by atoms with van der Waals surface area (Å²) in [4.78, 5) is 25.6. The predicted molar refractivity (Wildman–Crippen MR) is 107 cm³/mol. The lowest BCUT2D eigenvalue weighted by Gasteiger charge is -2.41. The molecular weight excluding hydrogens is 440 g/mol. The minimum atomic E-state index is -0.483. The van der Waals surface area contributed by atoms with E-state index in [2.05, 4.69) is 30.8 Å². The first-order chi connectivity index (χ1) is 12.2. The average Bonchev–Trinajstić information content (AvgIpc) is 3.01. The quantitative estimate of drug-likeness (QED) is 0.579. The van der Waals surface area contributed by atoms with Gasteiger partial charge in [-0.15, -0.1) is 11.3 Å². The van der Waals surface area contributed by atoms with E-state index in [0.29, 0.717) is 0 Å². The number of carbonyl (C=O) groups is 1. The van der Waals surface area contributed by atoms with E-state index < -0.39 is 5.60 Å². The van der Waals surface area contributed by atoms with Crippen molar-refractivity contribution in [3.05, 3.63) is 15.1 Å². The van der Waals surface area contributed by atoms with Gasteiger partial charge >= 0.3 is 6.09 Å². The summed E-state index contributed by atoms with van der Waals surface area (Å²) in [7, 11) is 0. The van der Waals surface area contributed by atoms with Crippen LogP contribution in [0.3, 0.4) is 0 Å². The number of nitrogens with zero attached hydrogens (tertiary/aromatic N) is 4. The summed E-state index contributed by atoms with van der Waals surface area (Å²) >= 11 is 11.3. The van der Waals surface area contributed by atoms with Gasteiger partial charge in [0, 0.05) is 13.1 Å². The Morgan fingerprint density at radius 1 is 1.31 bits per heavy atom. The molecule has 2 aromatic heterocycles. The van der Waals surface area contributed by atoms with Crippen molar-refractivity contribution in [1.29, 1.82) is 0 Å². The molecule has 26 heavy (non-hydrogen) atoms. The van der Waals surface area contributed by atoms with E-state index in [1.807, 2.05) is 31.7 Å². The Morgan fingerprint density at radius 3 is 2.58 bits per heavy atom. The number of anilines is 1. The van der Waals surface area contributed by atoms with E-state index >= 15 is 0 Å². The molecule has 0 radical (unpaired) electrons. The molecule has 0 spiro atoms. The van der Waals surface area contributed by atoms with E-state index in [-0.39, 0.29) is 23.5 Å². The third-order valence-electron chi connectivity index (χ3n) is 4.68. The maximum atomic E-state index is 12.6. The topological polar surface area (TPSA) is 58.6 Å². The van der Waals surface area contributed by atoms with Crippen molar-refractivity contribution in [2.24, 2.45) is 0 Å². The molecule has 2 fully saturated rings. The number of thiophene rings is 1. The van der Waals surface area contributed by atoms with Crippen LogP contribution in [-0.4, -0.2) is 51.7 Å². The largest absolute Gasteiger partial charge is 0.444 e. The zero-order valence-corrected chi connectivity index (χ0v) is 18.0. The second-order valence-electron chi connectivity index (χ2n) is 7.76. The minimum absolute atomic E-state index is 0.135. The van der Waals surface area contributed by atoms with Crippen LogP contribution in [0, 0.1) is 0 Å². The van der Waals surface area contributed by atoms with Gasteiger partial charge in [-0.1, -0.05) is 0 Å². The number of hydrogen-bond acceptors (Lipinski definition) is 6. The van der Waals surface area contributed by atoms with Crippen molar-refractivity contribution >= 4 is 61.0 Å². The molecule has 2 aliphatic rings. The lowest BCUT2D eigenvalue weighted by molar-refractivity contribution is 0.0123. The molecule has 9 heteroatoms. The van der Waals surface area contributed by atoms with Gasteiger partial charge in [-0.05, 0) is 67.2 Å². The monoisotopic (exact) mass is 458 g/mol. The number of aromatic nitrogens is 2. The summed E-state index contributed by atoms with van der Waals surface area (Å²) in [5.74, 6) is 0.858. The zero-order chi connectivity index (χ0) is 18.6. The minimum Gasteiger partial charge on any atom is -0.444 e. The highest BCUT2D eigenvalue weighted by atomic mass is 79.9. The second-order valence-corrected chi connectivity index (χ2v) is 10.5. The molecule has 2 bridgehead atoms. The van der Waals surface area contributed by atoms with Gasteiger partial charge in [0.25, 0.3) is 0 Å². The Morgan fingerprint density at radius 2 is 1.96 bits per heavy atom. The van der Waals surface area contributed by atoms with Crippen molar-refractivity contribution in [2.75, 3.05) is 18.0 Å². The molecule has 1 amide bonds. The van der Waals surface area contributed by atoms with Gasteiger partial charge in [-0.25, -0.2) is 9.78 Å². The highest BCUT2D eigenvalue weighted by Crippen LogP contribution is 2.39. The summed E-state index contributed by atoms with van der Waals surface area (Å²) in [6, 6.07) is 2.23. The molecule has 2 unspecified atom stereocenters. The van der Waals surface area contributed by atoms with E-state index in [1.54, 1.807) is 11.3 Å². The van der Waals surface area contributed by atoms with Crippen LogP contribution in [-0.2, 0) is 4.74 Å². The number of rotatable bonds is 1. The average molecular weight is 460 g/mol. The molecule has 0 aromatic carbocycles. The molecule has 4 heterocycles. The fourth-order valence-corrected chi connectivity index (χ4v) is 5.48. The Kier molecular flexibility index (Phi) is 4.56. The Hall–Kier alpha value is -1.12. The zero-order valence-electron chi connectivity index (χ0n) is 14.8. The summed E-state index contributed by atoms with van der Waals surface area (Å²) < 4.78 is 7.63. The predicted octanol–water partition coefficient (Wildman–Crippen LogP) is 4.70. The van der Waals surface area contributed by atoms with Crippen molar-refractivity contribution in [2.45, 2.75) is 51.3 Å². The Labute approximate surface area is 169 Å². The van der Waals surface area contributed by atoms with Gasteiger partial charge in [-0.2, -0.15) is 4.98 Å². The third-order valence-corrected chi connectivity index (χ3v) is 6.47. The third kappa shape index (κ3) is 3.39. The van der Waals surface area contributed by atoms with E-state index in [0.717, 1.165) is 45.8 Å². The van der Waals surface area contributed by atoms with E-state index in [1.165, 1.54) is 0 Å². The van der Waals surface area contributed by atoms with Crippen molar-refractivity contribution < 1.29 is 9.53 Å². The maximum absolute atomic E-state index is 12.6. The maximum Gasteiger partial charge on any atom is 0.410 e. The second kappa shape index (κ2) is 6.49. The van der Waals surface area contributed by atoms with E-state index in [9.17, 15) is 4.79 Å². The van der Waals surface area contributed by atoms with Gasteiger partial charge in [0.1, 0.15) is 5.60 Å². The molecule has 4 rings (SSSR count). The number of amides is 1. The molecule has 6 nitrogen and oxygen atoms in total. The standard InChI is InChI=1S/C17H20BrClN4O2S/c1-17(2,3)25-16(24)23-9-4-5-10(23)8-22(7-9)14-13-11(6-12(18)26-13)20-15(19)21-14/h6,9-10H,4-5,7-8H2,1-3H3. The van der Waals surface area contributed by atoms with Gasteiger partial charge in [-0.3, -0.25) is 4.90 Å². The van der Waals surface area contributed by atoms with Gasteiger partial charge in [0.2, 0.25) is 5.28 Å². The normalized spacial score (nSPS) is 23.0. The molecule has 2 aromatic rings. The molecule has 0 aliphatic carbocycles. The summed E-state index contributed by atoms with van der Waals surface area (Å²) in [5.41, 5.74) is 0.363. The van der Waals surface area contributed by atoms with Crippen LogP contribution in [0.15, 0.2) is 9.85 Å². The molecule has 2 aliphatic heterocycles. The first-order valence-electron chi connectivity index (χ1n) is 8.60. The first-order valence-corrected chi connectivity index (χ1v) is 10.6. The van der Waals surface area contributed by atoms with Gasteiger partial charge in [0.05, 0.1) is 26.1 Å². The molecule has 140 valence electrons. The van der Waals surface area contributed by atoms with Crippen LogP contribution >= 0.6 is 38.9 Å². The van der Waals surface area contributed by atoms with Crippen LogP contribution in [0.1, 0.15) is 33.6 Å².